The van der Waals surface area contributed by atoms with E-state index in [0.717, 1.165) is 25.9 Å². The number of hydrogen-bond donors (Lipinski definition) is 1. The normalized spacial score (nSPS) is 21.1. The first-order valence-corrected chi connectivity index (χ1v) is 5.80. The average Bonchev–Trinajstić information content (AvgIpc) is 2.30. The summed E-state index contributed by atoms with van der Waals surface area (Å²) in [5, 5.41) is 13.6. The van der Waals surface area contributed by atoms with Crippen LogP contribution in [0.3, 0.4) is 0 Å². The van der Waals surface area contributed by atoms with E-state index in [-0.39, 0.29) is 6.04 Å². The largest absolute Gasteiger partial charge is 0.391 e. The summed E-state index contributed by atoms with van der Waals surface area (Å²) in [6.45, 7) is 5.69. The zero-order chi connectivity index (χ0) is 11.8. The average molecular weight is 228 g/mol. The second-order valence-corrected chi connectivity index (χ2v) is 4.04. The van der Waals surface area contributed by atoms with Crippen molar-refractivity contribution in [2.45, 2.75) is 31.9 Å². The maximum Gasteiger partial charge on any atom is 0.0751 e. The molecule has 0 aromatic heterocycles. The predicted molar refractivity (Wildman–Crippen MR) is 61.1 cm³/mol. The molecule has 16 heavy (non-hydrogen) atoms. The third-order valence-corrected chi connectivity index (χ3v) is 2.78. The summed E-state index contributed by atoms with van der Waals surface area (Å²) in [5.74, 6) is 0. The van der Waals surface area contributed by atoms with Crippen LogP contribution in [0.1, 0.15) is 19.8 Å². The fourth-order valence-corrected chi connectivity index (χ4v) is 1.86. The van der Waals surface area contributed by atoms with E-state index in [1.165, 1.54) is 0 Å². The molecule has 6 nitrogen and oxygen atoms in total. The third-order valence-electron chi connectivity index (χ3n) is 2.78. The molecule has 1 fully saturated rings. The van der Waals surface area contributed by atoms with Crippen LogP contribution in [0.25, 0.3) is 10.4 Å². The number of hydrogen-bond acceptors (Lipinski definition) is 4. The standard InChI is InChI=1S/C10H20N4O2/c1-2-3-9(12-13-11)10(15)8-14-4-6-16-7-5-14/h9-10,15H,2-8H2,1H3/t9-,10+/m0/s1. The highest BCUT2D eigenvalue weighted by molar-refractivity contribution is 4.79. The van der Waals surface area contributed by atoms with E-state index in [1.807, 2.05) is 6.92 Å². The maximum absolute atomic E-state index is 9.98. The lowest BCUT2D eigenvalue weighted by Gasteiger charge is -2.30. The molecule has 1 N–H and O–H groups in total. The van der Waals surface area contributed by atoms with Crippen molar-refractivity contribution >= 4 is 0 Å². The molecule has 1 aliphatic heterocycles. The number of rotatable bonds is 6. The fraction of sp³-hybridized carbons (Fsp3) is 1.00. The highest BCUT2D eigenvalue weighted by Crippen LogP contribution is 2.10. The zero-order valence-electron chi connectivity index (χ0n) is 9.75. The van der Waals surface area contributed by atoms with Gasteiger partial charge in [-0.3, -0.25) is 4.90 Å². The monoisotopic (exact) mass is 228 g/mol. The van der Waals surface area contributed by atoms with E-state index in [2.05, 4.69) is 14.9 Å². The topological polar surface area (TPSA) is 81.5 Å². The predicted octanol–water partition coefficient (Wildman–Crippen LogP) is 1.16. The second-order valence-electron chi connectivity index (χ2n) is 4.04. The van der Waals surface area contributed by atoms with Crippen LogP contribution in [0.4, 0.5) is 0 Å². The second kappa shape index (κ2) is 7.46. The lowest BCUT2D eigenvalue weighted by Crippen LogP contribution is -2.44. The molecule has 6 heteroatoms. The van der Waals surface area contributed by atoms with Gasteiger partial charge in [0.15, 0.2) is 0 Å². The fourth-order valence-electron chi connectivity index (χ4n) is 1.86. The minimum Gasteiger partial charge on any atom is -0.391 e. The molecule has 92 valence electrons. The SMILES string of the molecule is CCC[C@H](N=[N+]=[N-])[C@H](O)CN1CCOCC1. The summed E-state index contributed by atoms with van der Waals surface area (Å²) < 4.78 is 5.23. The summed E-state index contributed by atoms with van der Waals surface area (Å²) in [7, 11) is 0. The van der Waals surface area contributed by atoms with Gasteiger partial charge in [0.2, 0.25) is 0 Å². The highest BCUT2D eigenvalue weighted by atomic mass is 16.5. The van der Waals surface area contributed by atoms with Gasteiger partial charge in [-0.05, 0) is 12.0 Å². The van der Waals surface area contributed by atoms with Crippen LogP contribution < -0.4 is 0 Å². The van der Waals surface area contributed by atoms with Gasteiger partial charge in [0.25, 0.3) is 0 Å². The molecule has 0 aromatic carbocycles. The number of morpholine rings is 1. The number of azide groups is 1. The number of aliphatic hydroxyl groups is 1. The smallest absolute Gasteiger partial charge is 0.0751 e. The van der Waals surface area contributed by atoms with Gasteiger partial charge in [-0.25, -0.2) is 0 Å². The molecule has 0 bridgehead atoms. The Balaban J connectivity index is 2.40. The van der Waals surface area contributed by atoms with E-state index >= 15 is 0 Å². The molecule has 0 unspecified atom stereocenters. The molecule has 0 amide bonds. The molecule has 1 rings (SSSR count). The first-order chi connectivity index (χ1) is 7.77. The van der Waals surface area contributed by atoms with Gasteiger partial charge in [-0.1, -0.05) is 18.5 Å². The molecule has 0 aliphatic carbocycles. The summed E-state index contributed by atoms with van der Waals surface area (Å²) in [6.07, 6.45) is 1.06. The lowest BCUT2D eigenvalue weighted by atomic mass is 10.1. The Bertz CT molecular complexity index is 237. The van der Waals surface area contributed by atoms with Gasteiger partial charge in [-0.2, -0.15) is 0 Å². The van der Waals surface area contributed by atoms with Crippen molar-refractivity contribution in [2.75, 3.05) is 32.8 Å². The van der Waals surface area contributed by atoms with Crippen LogP contribution in [0.5, 0.6) is 0 Å². The van der Waals surface area contributed by atoms with Crippen molar-refractivity contribution in [1.82, 2.24) is 4.90 Å². The van der Waals surface area contributed by atoms with Crippen molar-refractivity contribution in [2.24, 2.45) is 5.11 Å². The molecule has 0 radical (unpaired) electrons. The van der Waals surface area contributed by atoms with Gasteiger partial charge >= 0.3 is 0 Å². The minimum atomic E-state index is -0.575. The van der Waals surface area contributed by atoms with Crippen LogP contribution >= 0.6 is 0 Å². The van der Waals surface area contributed by atoms with Gasteiger partial charge in [-0.15, -0.1) is 0 Å². The number of nitrogens with zero attached hydrogens (tertiary/aromatic N) is 4. The van der Waals surface area contributed by atoms with Gasteiger partial charge in [0, 0.05) is 24.5 Å². The highest BCUT2D eigenvalue weighted by Gasteiger charge is 2.21. The van der Waals surface area contributed by atoms with Gasteiger partial charge in [0.1, 0.15) is 0 Å². The minimum absolute atomic E-state index is 0.308. The van der Waals surface area contributed by atoms with E-state index in [0.29, 0.717) is 19.8 Å². The Kier molecular flexibility index (Phi) is 6.18. The zero-order valence-corrected chi connectivity index (χ0v) is 9.75. The first kappa shape index (κ1) is 13.3. The third kappa shape index (κ3) is 4.37. The van der Waals surface area contributed by atoms with Crippen molar-refractivity contribution in [3.8, 4) is 0 Å². The van der Waals surface area contributed by atoms with Gasteiger partial charge < -0.3 is 9.84 Å². The van der Waals surface area contributed by atoms with Crippen LogP contribution in [0.2, 0.25) is 0 Å². The number of aliphatic hydroxyl groups excluding tert-OH is 1. The van der Waals surface area contributed by atoms with Crippen molar-refractivity contribution in [3.05, 3.63) is 10.4 Å². The Labute approximate surface area is 95.8 Å². The van der Waals surface area contributed by atoms with Gasteiger partial charge in [0.05, 0.1) is 25.4 Å². The van der Waals surface area contributed by atoms with Crippen LogP contribution in [0, 0.1) is 0 Å². The van der Waals surface area contributed by atoms with E-state index < -0.39 is 6.10 Å². The molecular weight excluding hydrogens is 208 g/mol. The Morgan fingerprint density at radius 1 is 1.50 bits per heavy atom. The van der Waals surface area contributed by atoms with Crippen molar-refractivity contribution in [3.63, 3.8) is 0 Å². The molecule has 2 atom stereocenters. The molecular formula is C10H20N4O2. The molecule has 0 aromatic rings. The molecule has 1 heterocycles. The maximum atomic E-state index is 9.98. The molecule has 0 saturated carbocycles. The van der Waals surface area contributed by atoms with E-state index in [1.54, 1.807) is 0 Å². The Hall–Kier alpha value is -0.810. The summed E-state index contributed by atoms with van der Waals surface area (Å²) >= 11 is 0. The molecule has 1 saturated heterocycles. The lowest BCUT2D eigenvalue weighted by molar-refractivity contribution is 0.00902. The summed E-state index contributed by atoms with van der Waals surface area (Å²) in [6, 6.07) is -0.308. The Morgan fingerprint density at radius 2 is 2.19 bits per heavy atom. The van der Waals surface area contributed by atoms with Crippen molar-refractivity contribution < 1.29 is 9.84 Å². The van der Waals surface area contributed by atoms with Crippen LogP contribution in [0.15, 0.2) is 5.11 Å². The van der Waals surface area contributed by atoms with Crippen LogP contribution in [-0.2, 0) is 4.74 Å². The summed E-state index contributed by atoms with van der Waals surface area (Å²) in [4.78, 5) is 4.93. The number of ether oxygens (including phenoxy) is 1. The quantitative estimate of drug-likeness (QED) is 0.420. The van der Waals surface area contributed by atoms with Crippen LogP contribution in [-0.4, -0.2) is 55.0 Å². The molecule has 0 spiro atoms. The Morgan fingerprint density at radius 3 is 2.75 bits per heavy atom. The van der Waals surface area contributed by atoms with E-state index in [9.17, 15) is 5.11 Å². The van der Waals surface area contributed by atoms with Crippen molar-refractivity contribution in [1.29, 1.82) is 0 Å². The van der Waals surface area contributed by atoms with E-state index in [4.69, 9.17) is 10.3 Å². The molecule has 1 aliphatic rings. The first-order valence-electron chi connectivity index (χ1n) is 5.80. The number of β-amino-alcohol motifs (C(OH)–C–C–N with tert-alkyl or cyclic N) is 1. The summed E-state index contributed by atoms with van der Waals surface area (Å²) in [5.41, 5.74) is 8.43.